The van der Waals surface area contributed by atoms with Crippen LogP contribution in [-0.4, -0.2) is 10.2 Å². The molecular weight excluding hydrogens is 284 g/mol. The number of nitrogens with two attached hydrogens (primary N) is 2. The fourth-order valence-corrected chi connectivity index (χ4v) is 1.94. The summed E-state index contributed by atoms with van der Waals surface area (Å²) in [7, 11) is 0. The Bertz CT molecular complexity index is 731. The molecule has 0 radical (unpaired) electrons. The third kappa shape index (κ3) is 5.36. The summed E-state index contributed by atoms with van der Waals surface area (Å²) < 4.78 is 0. The number of aromatic amines is 1. The van der Waals surface area contributed by atoms with Crippen LogP contribution in [0.15, 0.2) is 60.8 Å². The van der Waals surface area contributed by atoms with Crippen molar-refractivity contribution in [3.63, 3.8) is 0 Å². The van der Waals surface area contributed by atoms with Crippen LogP contribution in [0.25, 0.3) is 12.2 Å². The van der Waals surface area contributed by atoms with E-state index in [1.807, 2.05) is 60.8 Å². The van der Waals surface area contributed by atoms with Gasteiger partial charge in [0.05, 0.1) is 17.1 Å². The molecule has 5 N–H and O–H groups in total. The van der Waals surface area contributed by atoms with Crippen molar-refractivity contribution < 1.29 is 0 Å². The first-order chi connectivity index (χ1) is 11.2. The molecule has 1 heterocycles. The molecule has 0 bridgehead atoms. The number of aryl methyl sites for hydroxylation is 1. The lowest BCUT2D eigenvalue weighted by atomic mass is 10.1. The number of anilines is 2. The lowest BCUT2D eigenvalue weighted by Gasteiger charge is -2.00. The zero-order valence-corrected chi connectivity index (χ0v) is 13.2. The Labute approximate surface area is 136 Å². The summed E-state index contributed by atoms with van der Waals surface area (Å²) in [4.78, 5) is 0. The Balaban J connectivity index is 0.000000229. The summed E-state index contributed by atoms with van der Waals surface area (Å²) in [5.41, 5.74) is 16.0. The van der Waals surface area contributed by atoms with Crippen LogP contribution in [-0.2, 0) is 6.42 Å². The molecular formula is C19H22N4. The molecule has 0 aliphatic carbocycles. The van der Waals surface area contributed by atoms with Gasteiger partial charge in [0.2, 0.25) is 0 Å². The van der Waals surface area contributed by atoms with Crippen LogP contribution in [0.1, 0.15) is 23.7 Å². The van der Waals surface area contributed by atoms with E-state index in [9.17, 15) is 0 Å². The largest absolute Gasteiger partial charge is 0.397 e. The minimum atomic E-state index is 0.621. The van der Waals surface area contributed by atoms with E-state index in [-0.39, 0.29) is 0 Å². The van der Waals surface area contributed by atoms with Gasteiger partial charge >= 0.3 is 0 Å². The van der Waals surface area contributed by atoms with E-state index in [1.165, 1.54) is 0 Å². The monoisotopic (exact) mass is 306 g/mol. The molecule has 0 amide bonds. The first kappa shape index (κ1) is 16.4. The van der Waals surface area contributed by atoms with E-state index in [1.54, 1.807) is 0 Å². The number of nitrogens with one attached hydrogen (secondary N) is 1. The van der Waals surface area contributed by atoms with Crippen LogP contribution >= 0.6 is 0 Å². The van der Waals surface area contributed by atoms with Crippen molar-refractivity contribution in [3.8, 4) is 0 Å². The second-order valence-electron chi connectivity index (χ2n) is 5.05. The maximum absolute atomic E-state index is 5.73. The molecule has 4 heteroatoms. The van der Waals surface area contributed by atoms with Gasteiger partial charge < -0.3 is 11.5 Å². The minimum absolute atomic E-state index is 0.621. The van der Waals surface area contributed by atoms with Gasteiger partial charge in [0.15, 0.2) is 0 Å². The van der Waals surface area contributed by atoms with Crippen LogP contribution in [0.2, 0.25) is 0 Å². The van der Waals surface area contributed by atoms with Crippen molar-refractivity contribution >= 4 is 23.5 Å². The summed E-state index contributed by atoms with van der Waals surface area (Å²) in [5, 5.41) is 6.64. The average molecular weight is 306 g/mol. The fraction of sp³-hybridized carbons (Fsp3) is 0.105. The summed E-state index contributed by atoms with van der Waals surface area (Å²) in [5.74, 6) is 0. The molecule has 3 rings (SSSR count). The molecule has 4 nitrogen and oxygen atoms in total. The summed E-state index contributed by atoms with van der Waals surface area (Å²) in [6.07, 6.45) is 6.92. The number of rotatable bonds is 3. The maximum Gasteiger partial charge on any atom is 0.0619 e. The van der Waals surface area contributed by atoms with Crippen LogP contribution in [0.4, 0.5) is 11.4 Å². The van der Waals surface area contributed by atoms with Crippen LogP contribution in [0, 0.1) is 0 Å². The van der Waals surface area contributed by atoms with Gasteiger partial charge in [-0.1, -0.05) is 55.5 Å². The highest BCUT2D eigenvalue weighted by atomic mass is 15.1. The molecule has 0 saturated heterocycles. The van der Waals surface area contributed by atoms with Gasteiger partial charge in [-0.15, -0.1) is 0 Å². The molecule has 118 valence electrons. The van der Waals surface area contributed by atoms with Gasteiger partial charge in [0.1, 0.15) is 0 Å². The summed E-state index contributed by atoms with van der Waals surface area (Å²) >= 11 is 0. The second kappa shape index (κ2) is 8.44. The topological polar surface area (TPSA) is 80.7 Å². The third-order valence-electron chi connectivity index (χ3n) is 3.30. The van der Waals surface area contributed by atoms with E-state index >= 15 is 0 Å². The number of benzene rings is 2. The molecule has 0 unspecified atom stereocenters. The highest BCUT2D eigenvalue weighted by molar-refractivity contribution is 5.74. The van der Waals surface area contributed by atoms with Crippen molar-refractivity contribution in [1.82, 2.24) is 10.2 Å². The Morgan fingerprint density at radius 1 is 0.913 bits per heavy atom. The highest BCUT2D eigenvalue weighted by Crippen LogP contribution is 2.17. The first-order valence-electron chi connectivity index (χ1n) is 7.56. The lowest BCUT2D eigenvalue weighted by Crippen LogP contribution is -1.93. The van der Waals surface area contributed by atoms with E-state index in [0.717, 1.165) is 23.2 Å². The van der Waals surface area contributed by atoms with E-state index in [2.05, 4.69) is 29.3 Å². The SMILES string of the molecule is CCc1cc[nH]n1.Nc1ccc(C=Cc2ccccc2)cc1N. The van der Waals surface area contributed by atoms with Gasteiger partial charge in [-0.2, -0.15) is 5.10 Å². The fourth-order valence-electron chi connectivity index (χ4n) is 1.94. The van der Waals surface area contributed by atoms with Crippen molar-refractivity contribution in [3.05, 3.63) is 77.6 Å². The number of nitrogens with zero attached hydrogens (tertiary/aromatic N) is 1. The predicted molar refractivity (Wildman–Crippen MR) is 98.6 cm³/mol. The number of hydrogen-bond donors (Lipinski definition) is 3. The van der Waals surface area contributed by atoms with Gasteiger partial charge in [-0.05, 0) is 35.7 Å². The van der Waals surface area contributed by atoms with Crippen molar-refractivity contribution in [2.45, 2.75) is 13.3 Å². The number of H-pyrrole nitrogens is 1. The van der Waals surface area contributed by atoms with Crippen LogP contribution in [0.5, 0.6) is 0 Å². The van der Waals surface area contributed by atoms with E-state index < -0.39 is 0 Å². The smallest absolute Gasteiger partial charge is 0.0619 e. The molecule has 0 spiro atoms. The minimum Gasteiger partial charge on any atom is -0.397 e. The molecule has 2 aromatic carbocycles. The van der Waals surface area contributed by atoms with Gasteiger partial charge in [0.25, 0.3) is 0 Å². The number of aromatic nitrogens is 2. The van der Waals surface area contributed by atoms with Crippen molar-refractivity contribution in [2.24, 2.45) is 0 Å². The Morgan fingerprint density at radius 3 is 2.22 bits per heavy atom. The van der Waals surface area contributed by atoms with E-state index in [0.29, 0.717) is 11.4 Å². The Kier molecular flexibility index (Phi) is 6.00. The lowest BCUT2D eigenvalue weighted by molar-refractivity contribution is 0.975. The molecule has 0 atom stereocenters. The zero-order valence-electron chi connectivity index (χ0n) is 13.2. The molecule has 0 fully saturated rings. The maximum atomic E-state index is 5.73. The average Bonchev–Trinajstić information content (AvgIpc) is 3.11. The second-order valence-corrected chi connectivity index (χ2v) is 5.05. The normalized spacial score (nSPS) is 10.3. The van der Waals surface area contributed by atoms with Gasteiger partial charge in [0, 0.05) is 6.20 Å². The standard InChI is InChI=1S/C14H14N2.C5H8N2/c15-13-9-8-12(10-14(13)16)7-6-11-4-2-1-3-5-11;1-2-5-3-4-6-7-5/h1-10H,15-16H2;3-4H,2H2,1H3,(H,6,7). The van der Waals surface area contributed by atoms with Crippen LogP contribution in [0.3, 0.4) is 0 Å². The molecule has 3 aromatic rings. The predicted octanol–water partition coefficient (Wildman–Crippen LogP) is 3.99. The van der Waals surface area contributed by atoms with Crippen LogP contribution < -0.4 is 11.5 Å². The van der Waals surface area contributed by atoms with E-state index in [4.69, 9.17) is 11.5 Å². The first-order valence-corrected chi connectivity index (χ1v) is 7.56. The van der Waals surface area contributed by atoms with Gasteiger partial charge in [-0.25, -0.2) is 0 Å². The quantitative estimate of drug-likeness (QED) is 0.505. The zero-order chi connectivity index (χ0) is 16.5. The Morgan fingerprint density at radius 2 is 1.65 bits per heavy atom. The summed E-state index contributed by atoms with van der Waals surface area (Å²) in [6.45, 7) is 2.08. The van der Waals surface area contributed by atoms with Crippen molar-refractivity contribution in [2.75, 3.05) is 11.5 Å². The number of hydrogen-bond acceptors (Lipinski definition) is 3. The Hall–Kier alpha value is -3.01. The molecule has 1 aromatic heterocycles. The number of nitrogen functional groups attached to an aromatic ring is 2. The molecule has 0 aliphatic rings. The van der Waals surface area contributed by atoms with Gasteiger partial charge in [-0.3, -0.25) is 5.10 Å². The molecule has 0 aliphatic heterocycles. The van der Waals surface area contributed by atoms with Crippen molar-refractivity contribution in [1.29, 1.82) is 0 Å². The molecule has 0 saturated carbocycles. The third-order valence-corrected chi connectivity index (χ3v) is 3.30. The molecule has 23 heavy (non-hydrogen) atoms. The summed E-state index contributed by atoms with van der Waals surface area (Å²) in [6, 6.07) is 17.7. The highest BCUT2D eigenvalue weighted by Gasteiger charge is 1.93.